The third kappa shape index (κ3) is 2.15. The molecule has 0 saturated heterocycles. The molecule has 0 aliphatic carbocycles. The zero-order chi connectivity index (χ0) is 13.3. The van der Waals surface area contributed by atoms with Gasteiger partial charge in [-0.25, -0.2) is 4.98 Å². The summed E-state index contributed by atoms with van der Waals surface area (Å²) >= 11 is 0. The molecule has 2 rings (SSSR count). The second-order valence-electron chi connectivity index (χ2n) is 5.57. The zero-order valence-electron chi connectivity index (χ0n) is 11.8. The Morgan fingerprint density at radius 3 is 2.67 bits per heavy atom. The van der Waals surface area contributed by atoms with Gasteiger partial charge in [-0.2, -0.15) is 0 Å². The monoisotopic (exact) mass is 245 g/mol. The summed E-state index contributed by atoms with van der Waals surface area (Å²) in [6, 6.07) is 6.57. The predicted molar refractivity (Wildman–Crippen MR) is 76.8 cm³/mol. The molecular weight excluding hydrogens is 222 g/mol. The van der Waals surface area contributed by atoms with Crippen molar-refractivity contribution in [1.29, 1.82) is 0 Å². The lowest BCUT2D eigenvalue weighted by atomic mass is 9.81. The highest BCUT2D eigenvalue weighted by Crippen LogP contribution is 2.29. The highest BCUT2D eigenvalue weighted by Gasteiger charge is 2.20. The highest BCUT2D eigenvalue weighted by molar-refractivity contribution is 5.77. The van der Waals surface area contributed by atoms with Crippen LogP contribution >= 0.6 is 0 Å². The van der Waals surface area contributed by atoms with Crippen molar-refractivity contribution in [3.63, 3.8) is 0 Å². The lowest BCUT2D eigenvalue weighted by Crippen LogP contribution is -2.21. The third-order valence-electron chi connectivity index (χ3n) is 3.84. The van der Waals surface area contributed by atoms with Crippen molar-refractivity contribution in [3.05, 3.63) is 29.6 Å². The number of nitrogens with two attached hydrogens (primary N) is 1. The summed E-state index contributed by atoms with van der Waals surface area (Å²) < 4.78 is 2.19. The molecule has 2 aromatic rings. The molecule has 2 N–H and O–H groups in total. The molecular formula is C15H23N3. The van der Waals surface area contributed by atoms with Gasteiger partial charge in [0, 0.05) is 13.5 Å². The van der Waals surface area contributed by atoms with Crippen molar-refractivity contribution < 1.29 is 0 Å². The summed E-state index contributed by atoms with van der Waals surface area (Å²) in [6.07, 6.45) is 1.96. The van der Waals surface area contributed by atoms with Crippen LogP contribution in [0, 0.1) is 0 Å². The quantitative estimate of drug-likeness (QED) is 0.900. The maximum absolute atomic E-state index is 5.70. The van der Waals surface area contributed by atoms with Gasteiger partial charge < -0.3 is 10.3 Å². The van der Waals surface area contributed by atoms with Crippen LogP contribution < -0.4 is 5.73 Å². The molecule has 1 heterocycles. The van der Waals surface area contributed by atoms with Crippen molar-refractivity contribution in [1.82, 2.24) is 9.55 Å². The smallest absolute Gasteiger partial charge is 0.109 e. The molecule has 18 heavy (non-hydrogen) atoms. The third-order valence-corrected chi connectivity index (χ3v) is 3.84. The van der Waals surface area contributed by atoms with Crippen molar-refractivity contribution in [3.8, 4) is 0 Å². The number of fused-ring (bicyclic) bond motifs is 1. The Morgan fingerprint density at radius 1 is 1.33 bits per heavy atom. The average molecular weight is 245 g/mol. The molecule has 0 aliphatic heterocycles. The summed E-state index contributed by atoms with van der Waals surface area (Å²) in [5.41, 5.74) is 9.47. The topological polar surface area (TPSA) is 43.8 Å². The average Bonchev–Trinajstić information content (AvgIpc) is 2.66. The summed E-state index contributed by atoms with van der Waals surface area (Å²) in [5.74, 6) is 1.14. The maximum Gasteiger partial charge on any atom is 0.109 e. The maximum atomic E-state index is 5.70. The second kappa shape index (κ2) is 4.73. The predicted octanol–water partition coefficient (Wildman–Crippen LogP) is 2.76. The van der Waals surface area contributed by atoms with Gasteiger partial charge in [0.2, 0.25) is 0 Å². The minimum absolute atomic E-state index is 0.125. The van der Waals surface area contributed by atoms with Crippen LogP contribution in [0.2, 0.25) is 0 Å². The van der Waals surface area contributed by atoms with E-state index in [0.29, 0.717) is 0 Å². The van der Waals surface area contributed by atoms with Gasteiger partial charge in [-0.3, -0.25) is 0 Å². The minimum atomic E-state index is 0.125. The fourth-order valence-corrected chi connectivity index (χ4v) is 2.48. The number of hydrogen-bond donors (Lipinski definition) is 1. The van der Waals surface area contributed by atoms with E-state index >= 15 is 0 Å². The van der Waals surface area contributed by atoms with E-state index in [1.54, 1.807) is 0 Å². The number of nitrogens with zero attached hydrogens (tertiary/aromatic N) is 2. The molecule has 1 aromatic heterocycles. The van der Waals surface area contributed by atoms with Crippen LogP contribution in [0.25, 0.3) is 11.0 Å². The molecule has 0 radical (unpaired) electrons. The fourth-order valence-electron chi connectivity index (χ4n) is 2.48. The molecule has 3 nitrogen and oxygen atoms in total. The SMILES string of the molecule is CCc1nc2ccc(C(C)(C)CCN)cc2n1C. The van der Waals surface area contributed by atoms with E-state index in [4.69, 9.17) is 5.73 Å². The highest BCUT2D eigenvalue weighted by atomic mass is 15.1. The Bertz CT molecular complexity index is 552. The molecule has 0 atom stereocenters. The van der Waals surface area contributed by atoms with Gasteiger partial charge in [0.25, 0.3) is 0 Å². The van der Waals surface area contributed by atoms with Crippen LogP contribution in [0.5, 0.6) is 0 Å². The normalized spacial score (nSPS) is 12.3. The Labute approximate surface area is 109 Å². The molecule has 3 heteroatoms. The van der Waals surface area contributed by atoms with E-state index in [9.17, 15) is 0 Å². The van der Waals surface area contributed by atoms with E-state index in [2.05, 4.69) is 55.6 Å². The van der Waals surface area contributed by atoms with Crippen LogP contribution in [-0.2, 0) is 18.9 Å². The van der Waals surface area contributed by atoms with E-state index in [1.165, 1.54) is 11.1 Å². The molecule has 0 saturated carbocycles. The van der Waals surface area contributed by atoms with Crippen LogP contribution in [0.4, 0.5) is 0 Å². The first kappa shape index (κ1) is 13.1. The van der Waals surface area contributed by atoms with Crippen molar-refractivity contribution in [2.75, 3.05) is 6.54 Å². The van der Waals surface area contributed by atoms with Gasteiger partial charge >= 0.3 is 0 Å². The lowest BCUT2D eigenvalue weighted by molar-refractivity contribution is 0.488. The molecule has 0 bridgehead atoms. The van der Waals surface area contributed by atoms with Gasteiger partial charge in [0.15, 0.2) is 0 Å². The van der Waals surface area contributed by atoms with Gasteiger partial charge in [-0.05, 0) is 36.1 Å². The van der Waals surface area contributed by atoms with Crippen LogP contribution in [0.3, 0.4) is 0 Å². The Balaban J connectivity index is 2.53. The van der Waals surface area contributed by atoms with Gasteiger partial charge in [0.05, 0.1) is 11.0 Å². The number of hydrogen-bond acceptors (Lipinski definition) is 2. The van der Waals surface area contributed by atoms with E-state index in [-0.39, 0.29) is 5.41 Å². The molecule has 0 aliphatic rings. The molecule has 0 fully saturated rings. The van der Waals surface area contributed by atoms with Crippen molar-refractivity contribution in [2.24, 2.45) is 12.8 Å². The molecule has 0 spiro atoms. The Hall–Kier alpha value is -1.35. The van der Waals surface area contributed by atoms with Crippen molar-refractivity contribution in [2.45, 2.75) is 39.0 Å². The number of rotatable bonds is 4. The summed E-state index contributed by atoms with van der Waals surface area (Å²) in [5, 5.41) is 0. The van der Waals surface area contributed by atoms with E-state index in [0.717, 1.165) is 30.7 Å². The fraction of sp³-hybridized carbons (Fsp3) is 0.533. The zero-order valence-corrected chi connectivity index (χ0v) is 11.8. The Kier molecular flexibility index (Phi) is 3.44. The molecule has 1 aromatic carbocycles. The largest absolute Gasteiger partial charge is 0.331 e. The first-order valence-electron chi connectivity index (χ1n) is 6.65. The number of imidazole rings is 1. The summed E-state index contributed by atoms with van der Waals surface area (Å²) in [4.78, 5) is 4.64. The van der Waals surface area contributed by atoms with Crippen LogP contribution in [0.1, 0.15) is 38.6 Å². The van der Waals surface area contributed by atoms with Gasteiger partial charge in [0.1, 0.15) is 5.82 Å². The standard InChI is InChI=1S/C15H23N3/c1-5-14-17-12-7-6-11(10-13(12)18(14)4)15(2,3)8-9-16/h6-7,10H,5,8-9,16H2,1-4H3. The minimum Gasteiger partial charge on any atom is -0.331 e. The first-order chi connectivity index (χ1) is 8.49. The molecule has 98 valence electrons. The first-order valence-corrected chi connectivity index (χ1v) is 6.65. The number of aryl methyl sites for hydroxylation is 2. The van der Waals surface area contributed by atoms with Gasteiger partial charge in [-0.15, -0.1) is 0 Å². The Morgan fingerprint density at radius 2 is 2.06 bits per heavy atom. The molecule has 0 amide bonds. The lowest BCUT2D eigenvalue weighted by Gasteiger charge is -2.24. The summed E-state index contributed by atoms with van der Waals surface area (Å²) in [7, 11) is 2.09. The number of aromatic nitrogens is 2. The van der Waals surface area contributed by atoms with Gasteiger partial charge in [-0.1, -0.05) is 26.8 Å². The van der Waals surface area contributed by atoms with Crippen LogP contribution in [-0.4, -0.2) is 16.1 Å². The van der Waals surface area contributed by atoms with Crippen molar-refractivity contribution >= 4 is 11.0 Å². The second-order valence-corrected chi connectivity index (χ2v) is 5.57. The number of benzene rings is 1. The van der Waals surface area contributed by atoms with Crippen LogP contribution in [0.15, 0.2) is 18.2 Å². The van der Waals surface area contributed by atoms with E-state index < -0.39 is 0 Å². The summed E-state index contributed by atoms with van der Waals surface area (Å²) in [6.45, 7) is 7.35. The molecule has 0 unspecified atom stereocenters. The van der Waals surface area contributed by atoms with E-state index in [1.807, 2.05) is 0 Å².